The number of ether oxygens (including phenoxy) is 1. The number of aromatic nitrogens is 2. The van der Waals surface area contributed by atoms with E-state index in [0.717, 1.165) is 31.5 Å². The van der Waals surface area contributed by atoms with Crippen LogP contribution in [-0.2, 0) is 33.5 Å². The van der Waals surface area contributed by atoms with E-state index in [1.807, 2.05) is 6.92 Å². The van der Waals surface area contributed by atoms with Gasteiger partial charge in [0.2, 0.25) is 17.7 Å². The number of hydrogen-bond donors (Lipinski definition) is 8. The Balaban J connectivity index is 1.69. The maximum absolute atomic E-state index is 12.6. The van der Waals surface area contributed by atoms with Crippen LogP contribution in [0.15, 0.2) is 27.8 Å². The number of nitrogens with one attached hydrogen (secondary N) is 5. The Hall–Kier alpha value is -5.26. The summed E-state index contributed by atoms with van der Waals surface area (Å²) in [7, 11) is 0. The number of aromatic amines is 2. The van der Waals surface area contributed by atoms with Gasteiger partial charge in [-0.15, -0.1) is 0 Å². The number of carboxylic acid groups (broad SMARTS) is 3. The average molecular weight is 679 g/mol. The van der Waals surface area contributed by atoms with E-state index in [-0.39, 0.29) is 17.5 Å². The summed E-state index contributed by atoms with van der Waals surface area (Å²) in [6, 6.07) is 2.13. The Kier molecular flexibility index (Phi) is 16.3. The molecule has 2 aromatic rings. The summed E-state index contributed by atoms with van der Waals surface area (Å²) in [5.74, 6) is -6.38. The molecule has 0 aliphatic rings. The Bertz CT molecular complexity index is 1550. The molecular formula is C30H42N6O12. The molecule has 2 atom stereocenters. The first-order valence-corrected chi connectivity index (χ1v) is 15.4. The summed E-state index contributed by atoms with van der Waals surface area (Å²) in [6.45, 7) is 2.71. The molecular weight excluding hydrogens is 636 g/mol. The molecule has 2 unspecified atom stereocenters. The Morgan fingerprint density at radius 3 is 2.02 bits per heavy atom. The third-order valence-electron chi connectivity index (χ3n) is 7.23. The van der Waals surface area contributed by atoms with Gasteiger partial charge in [-0.05, 0) is 50.8 Å². The van der Waals surface area contributed by atoms with Crippen molar-refractivity contribution in [3.05, 3.63) is 38.9 Å². The van der Waals surface area contributed by atoms with E-state index in [9.17, 15) is 43.5 Å². The molecule has 1 aromatic carbocycles. The lowest BCUT2D eigenvalue weighted by atomic mass is 10.1. The average Bonchev–Trinajstić information content (AvgIpc) is 3.03. The summed E-state index contributed by atoms with van der Waals surface area (Å²) in [5, 5.41) is 39.3. The number of hydrogen-bond acceptors (Lipinski definition) is 10. The molecule has 0 saturated carbocycles. The fourth-order valence-corrected chi connectivity index (χ4v) is 4.70. The SMILES string of the molecule is CCN(CCCCCCNC(=O)COCC(=O)NC(CCC(=O)O)C(=O)NC(CCC(=O)O)C(=O)O)c1ccc2c(=O)[nH][nH]c(=O)c2c1. The van der Waals surface area contributed by atoms with E-state index < -0.39 is 80.2 Å². The lowest BCUT2D eigenvalue weighted by molar-refractivity contribution is -0.144. The predicted octanol–water partition coefficient (Wildman–Crippen LogP) is -0.480. The number of anilines is 1. The van der Waals surface area contributed by atoms with Gasteiger partial charge in [0.05, 0.1) is 10.8 Å². The van der Waals surface area contributed by atoms with Crippen molar-refractivity contribution in [3.63, 3.8) is 0 Å². The number of nitrogens with zero attached hydrogens (tertiary/aromatic N) is 1. The van der Waals surface area contributed by atoms with Crippen molar-refractivity contribution in [2.24, 2.45) is 0 Å². The summed E-state index contributed by atoms with van der Waals surface area (Å²) in [4.78, 5) is 96.2. The van der Waals surface area contributed by atoms with E-state index in [2.05, 4.69) is 31.0 Å². The minimum atomic E-state index is -1.57. The molecule has 18 heteroatoms. The van der Waals surface area contributed by atoms with Crippen LogP contribution in [0.5, 0.6) is 0 Å². The number of amides is 3. The molecule has 0 spiro atoms. The number of aliphatic carboxylic acids is 3. The fraction of sp³-hybridized carbons (Fsp3) is 0.533. The van der Waals surface area contributed by atoms with Gasteiger partial charge in [-0.25, -0.2) is 4.79 Å². The number of fused-ring (bicyclic) bond motifs is 1. The zero-order valence-electron chi connectivity index (χ0n) is 26.5. The second kappa shape index (κ2) is 20.1. The quantitative estimate of drug-likeness (QED) is 0.0691. The van der Waals surface area contributed by atoms with E-state index >= 15 is 0 Å². The van der Waals surface area contributed by atoms with Gasteiger partial charge in [-0.3, -0.25) is 43.8 Å². The van der Waals surface area contributed by atoms with Crippen molar-refractivity contribution in [2.45, 2.75) is 70.4 Å². The zero-order chi connectivity index (χ0) is 35.6. The molecule has 0 bridgehead atoms. The van der Waals surface area contributed by atoms with Gasteiger partial charge in [0.15, 0.2) is 0 Å². The number of rotatable bonds is 23. The lowest BCUT2D eigenvalue weighted by Gasteiger charge is -2.23. The lowest BCUT2D eigenvalue weighted by Crippen LogP contribution is -2.52. The Morgan fingerprint density at radius 1 is 0.792 bits per heavy atom. The maximum atomic E-state index is 12.6. The van der Waals surface area contributed by atoms with Crippen LogP contribution >= 0.6 is 0 Å². The van der Waals surface area contributed by atoms with Gasteiger partial charge in [0.1, 0.15) is 25.3 Å². The Labute approximate surface area is 274 Å². The van der Waals surface area contributed by atoms with Crippen LogP contribution < -0.4 is 32.0 Å². The van der Waals surface area contributed by atoms with Crippen LogP contribution in [0.25, 0.3) is 10.8 Å². The van der Waals surface area contributed by atoms with E-state index in [0.29, 0.717) is 30.3 Å². The molecule has 3 amide bonds. The Morgan fingerprint density at radius 2 is 1.40 bits per heavy atom. The van der Waals surface area contributed by atoms with Crippen LogP contribution in [0.1, 0.15) is 58.3 Å². The minimum Gasteiger partial charge on any atom is -0.481 e. The second-order valence-corrected chi connectivity index (χ2v) is 10.9. The van der Waals surface area contributed by atoms with Gasteiger partial charge < -0.3 is 40.9 Å². The summed E-state index contributed by atoms with van der Waals surface area (Å²) < 4.78 is 5.09. The van der Waals surface area contributed by atoms with Gasteiger partial charge in [0, 0.05) is 38.2 Å². The van der Waals surface area contributed by atoms with E-state index in [1.165, 1.54) is 0 Å². The highest BCUT2D eigenvalue weighted by Gasteiger charge is 2.27. The second-order valence-electron chi connectivity index (χ2n) is 10.9. The van der Waals surface area contributed by atoms with Gasteiger partial charge in [-0.2, -0.15) is 0 Å². The molecule has 264 valence electrons. The highest BCUT2D eigenvalue weighted by Crippen LogP contribution is 2.19. The molecule has 0 radical (unpaired) electrons. The molecule has 0 aliphatic carbocycles. The number of H-pyrrole nitrogens is 2. The van der Waals surface area contributed by atoms with Crippen molar-refractivity contribution in [3.8, 4) is 0 Å². The zero-order valence-corrected chi connectivity index (χ0v) is 26.5. The number of carboxylic acids is 3. The fourth-order valence-electron chi connectivity index (χ4n) is 4.70. The largest absolute Gasteiger partial charge is 0.481 e. The van der Waals surface area contributed by atoms with E-state index in [1.54, 1.807) is 18.2 Å². The molecule has 2 rings (SSSR count). The molecule has 0 fully saturated rings. The van der Waals surface area contributed by atoms with Crippen molar-refractivity contribution < 1.29 is 48.8 Å². The molecule has 1 heterocycles. The third kappa shape index (κ3) is 13.6. The molecule has 0 saturated heterocycles. The van der Waals surface area contributed by atoms with Gasteiger partial charge in [-0.1, -0.05) is 12.8 Å². The first-order valence-electron chi connectivity index (χ1n) is 15.4. The first kappa shape index (κ1) is 38.9. The highest BCUT2D eigenvalue weighted by molar-refractivity contribution is 5.91. The van der Waals surface area contributed by atoms with Crippen LogP contribution in [-0.4, -0.2) is 106 Å². The maximum Gasteiger partial charge on any atom is 0.326 e. The first-order chi connectivity index (χ1) is 22.8. The number of benzene rings is 1. The molecule has 1 aromatic heterocycles. The van der Waals surface area contributed by atoms with Crippen molar-refractivity contribution >= 4 is 52.1 Å². The van der Waals surface area contributed by atoms with E-state index in [4.69, 9.17) is 14.9 Å². The third-order valence-corrected chi connectivity index (χ3v) is 7.23. The number of carbonyl (C=O) groups is 6. The van der Waals surface area contributed by atoms with Crippen molar-refractivity contribution in [2.75, 3.05) is 37.7 Å². The van der Waals surface area contributed by atoms with Crippen molar-refractivity contribution in [1.29, 1.82) is 0 Å². The van der Waals surface area contributed by atoms with Crippen LogP contribution in [0, 0.1) is 0 Å². The molecule has 8 N–H and O–H groups in total. The van der Waals surface area contributed by atoms with Gasteiger partial charge in [0.25, 0.3) is 11.1 Å². The topological polar surface area (TPSA) is 277 Å². The van der Waals surface area contributed by atoms with Crippen LogP contribution in [0.3, 0.4) is 0 Å². The normalized spacial score (nSPS) is 12.1. The molecule has 18 nitrogen and oxygen atoms in total. The smallest absolute Gasteiger partial charge is 0.326 e. The molecule has 0 aliphatic heterocycles. The summed E-state index contributed by atoms with van der Waals surface area (Å²) >= 11 is 0. The summed E-state index contributed by atoms with van der Waals surface area (Å²) in [6.07, 6.45) is 1.38. The van der Waals surface area contributed by atoms with Crippen LogP contribution in [0.2, 0.25) is 0 Å². The van der Waals surface area contributed by atoms with Crippen LogP contribution in [0.4, 0.5) is 5.69 Å². The summed E-state index contributed by atoms with van der Waals surface area (Å²) in [5.41, 5.74) is 0.0978. The number of carbonyl (C=O) groups excluding carboxylic acids is 3. The minimum absolute atomic E-state index is 0.319. The van der Waals surface area contributed by atoms with Crippen molar-refractivity contribution in [1.82, 2.24) is 26.1 Å². The predicted molar refractivity (Wildman–Crippen MR) is 171 cm³/mol. The monoisotopic (exact) mass is 678 g/mol. The van der Waals surface area contributed by atoms with Gasteiger partial charge >= 0.3 is 17.9 Å². The highest BCUT2D eigenvalue weighted by atomic mass is 16.5. The molecule has 48 heavy (non-hydrogen) atoms. The standard InChI is InChI=1S/C30H42N6O12/c1-2-36(18-7-8-19-20(15-18)28(44)35-34-27(19)43)14-6-4-3-5-13-31-23(37)16-48-17-24(38)32-21(9-11-25(39)40)29(45)33-22(30(46)47)10-12-26(41)42/h7-8,15,21-22H,2-6,9-14,16-17H2,1H3,(H,31,37)(H,32,38)(H,33,45)(H,34,43)(H,35,44)(H,39,40)(H,41,42)(H,46,47). The number of unbranched alkanes of at least 4 members (excludes halogenated alkanes) is 3.